The number of nitrogens with two attached hydrogens (primary N) is 1. The fourth-order valence-electron chi connectivity index (χ4n) is 2.38. The third-order valence-corrected chi connectivity index (χ3v) is 3.30. The molecule has 0 unspecified atom stereocenters. The molecule has 0 aliphatic carbocycles. The van der Waals surface area contributed by atoms with Gasteiger partial charge in [0.05, 0.1) is 0 Å². The van der Waals surface area contributed by atoms with E-state index in [2.05, 4.69) is 40.7 Å². The highest BCUT2D eigenvalue weighted by atomic mass is 15.1. The molecule has 3 nitrogen and oxygen atoms in total. The highest BCUT2D eigenvalue weighted by Crippen LogP contribution is 2.20. The van der Waals surface area contributed by atoms with Gasteiger partial charge in [-0.05, 0) is 24.6 Å². The predicted molar refractivity (Wildman–Crippen MR) is 82.4 cm³/mol. The molecule has 0 aliphatic heterocycles. The van der Waals surface area contributed by atoms with E-state index in [1.807, 2.05) is 36.7 Å². The zero-order chi connectivity index (χ0) is 13.9. The minimum absolute atomic E-state index is 0.757. The van der Waals surface area contributed by atoms with Crippen LogP contribution < -0.4 is 5.73 Å². The van der Waals surface area contributed by atoms with Crippen molar-refractivity contribution in [3.05, 3.63) is 72.1 Å². The van der Waals surface area contributed by atoms with Crippen LogP contribution in [0.5, 0.6) is 0 Å². The number of aryl methyl sites for hydroxylation is 1. The molecule has 0 fully saturated rings. The standard InChI is InChI=1S/C17H17N3/c1-13-4-2-5-14(10-13)12-20-9-8-19-17(20)15-6-3-7-16(18)11-15/h2-11H,12,18H2,1H3. The summed E-state index contributed by atoms with van der Waals surface area (Å²) in [5.74, 6) is 0.943. The number of imidazole rings is 1. The fraction of sp³-hybridized carbons (Fsp3) is 0.118. The molecule has 0 radical (unpaired) electrons. The van der Waals surface area contributed by atoms with Crippen LogP contribution in [0.15, 0.2) is 60.9 Å². The molecular weight excluding hydrogens is 246 g/mol. The topological polar surface area (TPSA) is 43.8 Å². The molecule has 0 saturated heterocycles. The number of hydrogen-bond acceptors (Lipinski definition) is 2. The third-order valence-electron chi connectivity index (χ3n) is 3.30. The Labute approximate surface area is 118 Å². The fourth-order valence-corrected chi connectivity index (χ4v) is 2.38. The monoisotopic (exact) mass is 263 g/mol. The summed E-state index contributed by atoms with van der Waals surface area (Å²) in [4.78, 5) is 4.45. The van der Waals surface area contributed by atoms with Crippen LogP contribution in [0, 0.1) is 6.92 Å². The number of anilines is 1. The average Bonchev–Trinajstić information content (AvgIpc) is 2.87. The largest absolute Gasteiger partial charge is 0.399 e. The highest BCUT2D eigenvalue weighted by molar-refractivity contribution is 5.61. The lowest BCUT2D eigenvalue weighted by atomic mass is 10.1. The number of hydrogen-bond donors (Lipinski definition) is 1. The summed E-state index contributed by atoms with van der Waals surface area (Å²) < 4.78 is 2.14. The van der Waals surface area contributed by atoms with E-state index in [0.29, 0.717) is 0 Å². The van der Waals surface area contributed by atoms with Crippen LogP contribution in [0.25, 0.3) is 11.4 Å². The Morgan fingerprint density at radius 3 is 2.75 bits per heavy atom. The average molecular weight is 263 g/mol. The molecule has 0 spiro atoms. The molecule has 3 rings (SSSR count). The van der Waals surface area contributed by atoms with Crippen LogP contribution in [0.2, 0.25) is 0 Å². The van der Waals surface area contributed by atoms with E-state index in [1.165, 1.54) is 11.1 Å². The van der Waals surface area contributed by atoms with Crippen molar-refractivity contribution in [3.63, 3.8) is 0 Å². The number of nitrogens with zero attached hydrogens (tertiary/aromatic N) is 2. The lowest BCUT2D eigenvalue weighted by Crippen LogP contribution is -2.01. The van der Waals surface area contributed by atoms with Crippen LogP contribution in [0.4, 0.5) is 5.69 Å². The summed E-state index contributed by atoms with van der Waals surface area (Å²) in [5, 5.41) is 0. The Hall–Kier alpha value is -2.55. The SMILES string of the molecule is Cc1cccc(Cn2ccnc2-c2cccc(N)c2)c1. The van der Waals surface area contributed by atoms with Gasteiger partial charge < -0.3 is 10.3 Å². The maximum atomic E-state index is 5.85. The van der Waals surface area contributed by atoms with Crippen molar-refractivity contribution in [2.45, 2.75) is 13.5 Å². The number of benzene rings is 2. The summed E-state index contributed by atoms with van der Waals surface area (Å²) in [5.41, 5.74) is 10.2. The first kappa shape index (κ1) is 12.5. The molecule has 2 aromatic carbocycles. The maximum Gasteiger partial charge on any atom is 0.140 e. The molecule has 0 atom stereocenters. The quantitative estimate of drug-likeness (QED) is 0.735. The van der Waals surface area contributed by atoms with Gasteiger partial charge in [0, 0.05) is 30.2 Å². The first-order chi connectivity index (χ1) is 9.72. The Morgan fingerprint density at radius 2 is 1.95 bits per heavy atom. The molecule has 100 valence electrons. The lowest BCUT2D eigenvalue weighted by molar-refractivity contribution is 0.806. The summed E-state index contributed by atoms with van der Waals surface area (Å²) in [6.07, 6.45) is 3.83. The molecule has 1 heterocycles. The van der Waals surface area contributed by atoms with Gasteiger partial charge in [0.15, 0.2) is 0 Å². The van der Waals surface area contributed by atoms with Crippen LogP contribution in [-0.2, 0) is 6.54 Å². The lowest BCUT2D eigenvalue weighted by Gasteiger charge is -2.09. The molecule has 0 amide bonds. The van der Waals surface area contributed by atoms with E-state index in [9.17, 15) is 0 Å². The summed E-state index contributed by atoms with van der Waals surface area (Å²) >= 11 is 0. The number of rotatable bonds is 3. The van der Waals surface area contributed by atoms with E-state index in [4.69, 9.17) is 5.73 Å². The van der Waals surface area contributed by atoms with Gasteiger partial charge in [-0.25, -0.2) is 4.98 Å². The smallest absolute Gasteiger partial charge is 0.140 e. The van der Waals surface area contributed by atoms with Gasteiger partial charge in [0.2, 0.25) is 0 Å². The van der Waals surface area contributed by atoms with Crippen molar-refractivity contribution < 1.29 is 0 Å². The van der Waals surface area contributed by atoms with Crippen LogP contribution >= 0.6 is 0 Å². The molecule has 1 aromatic heterocycles. The van der Waals surface area contributed by atoms with Crippen LogP contribution in [0.3, 0.4) is 0 Å². The van der Waals surface area contributed by atoms with Crippen LogP contribution in [0.1, 0.15) is 11.1 Å². The highest BCUT2D eigenvalue weighted by Gasteiger charge is 2.06. The van der Waals surface area contributed by atoms with Crippen molar-refractivity contribution >= 4 is 5.69 Å². The molecule has 0 bridgehead atoms. The molecule has 0 saturated carbocycles. The summed E-state index contributed by atoms with van der Waals surface area (Å²) in [6.45, 7) is 2.92. The van der Waals surface area contributed by atoms with Gasteiger partial charge in [-0.2, -0.15) is 0 Å². The third kappa shape index (κ3) is 2.57. The predicted octanol–water partition coefficient (Wildman–Crippen LogP) is 3.49. The van der Waals surface area contributed by atoms with Gasteiger partial charge in [-0.15, -0.1) is 0 Å². The first-order valence-corrected chi connectivity index (χ1v) is 6.65. The second-order valence-corrected chi connectivity index (χ2v) is 4.99. The number of aromatic nitrogens is 2. The Kier molecular flexibility index (Phi) is 3.25. The van der Waals surface area contributed by atoms with Gasteiger partial charge in [0.25, 0.3) is 0 Å². The second-order valence-electron chi connectivity index (χ2n) is 4.99. The van der Waals surface area contributed by atoms with E-state index >= 15 is 0 Å². The van der Waals surface area contributed by atoms with E-state index in [0.717, 1.165) is 23.6 Å². The van der Waals surface area contributed by atoms with Gasteiger partial charge >= 0.3 is 0 Å². The van der Waals surface area contributed by atoms with Crippen molar-refractivity contribution in [2.24, 2.45) is 0 Å². The molecule has 3 heteroatoms. The van der Waals surface area contributed by atoms with Gasteiger partial charge in [-0.1, -0.05) is 42.0 Å². The van der Waals surface area contributed by atoms with E-state index in [1.54, 1.807) is 0 Å². The van der Waals surface area contributed by atoms with Gasteiger partial charge in [-0.3, -0.25) is 0 Å². The summed E-state index contributed by atoms with van der Waals surface area (Å²) in [6, 6.07) is 16.4. The molecule has 20 heavy (non-hydrogen) atoms. The molecule has 3 aromatic rings. The van der Waals surface area contributed by atoms with Crippen molar-refractivity contribution in [1.82, 2.24) is 9.55 Å². The van der Waals surface area contributed by atoms with Crippen molar-refractivity contribution in [2.75, 3.05) is 5.73 Å². The van der Waals surface area contributed by atoms with E-state index in [-0.39, 0.29) is 0 Å². The molecular formula is C17H17N3. The number of nitrogen functional groups attached to an aromatic ring is 1. The van der Waals surface area contributed by atoms with E-state index < -0.39 is 0 Å². The molecule has 0 aliphatic rings. The zero-order valence-electron chi connectivity index (χ0n) is 11.5. The van der Waals surface area contributed by atoms with Crippen molar-refractivity contribution in [3.8, 4) is 11.4 Å². The Morgan fingerprint density at radius 1 is 1.10 bits per heavy atom. The summed E-state index contributed by atoms with van der Waals surface area (Å²) in [7, 11) is 0. The first-order valence-electron chi connectivity index (χ1n) is 6.65. The van der Waals surface area contributed by atoms with Gasteiger partial charge in [0.1, 0.15) is 5.82 Å². The minimum Gasteiger partial charge on any atom is -0.399 e. The molecule has 2 N–H and O–H groups in total. The minimum atomic E-state index is 0.757. The maximum absolute atomic E-state index is 5.85. The van der Waals surface area contributed by atoms with Crippen LogP contribution in [-0.4, -0.2) is 9.55 Å². The Bertz CT molecular complexity index is 728. The normalized spacial score (nSPS) is 10.7. The zero-order valence-corrected chi connectivity index (χ0v) is 11.5. The Balaban J connectivity index is 1.94. The van der Waals surface area contributed by atoms with Crippen molar-refractivity contribution in [1.29, 1.82) is 0 Å². The second kappa shape index (κ2) is 5.21.